The van der Waals surface area contributed by atoms with Gasteiger partial charge in [0.15, 0.2) is 5.16 Å². The normalized spacial score (nSPS) is 14.1. The monoisotopic (exact) mass is 238 g/mol. The van der Waals surface area contributed by atoms with Crippen molar-refractivity contribution >= 4 is 11.8 Å². The summed E-state index contributed by atoms with van der Waals surface area (Å²) in [6.07, 6.45) is 1.46. The number of H-pyrrole nitrogens is 1. The lowest BCUT2D eigenvalue weighted by molar-refractivity contribution is 0.511. The molecule has 1 atom stereocenters. The summed E-state index contributed by atoms with van der Waals surface area (Å²) >= 11 is 1.35. The minimum atomic E-state index is -0.603. The van der Waals surface area contributed by atoms with Gasteiger partial charge in [0, 0.05) is 18.0 Å². The van der Waals surface area contributed by atoms with E-state index in [1.807, 2.05) is 13.8 Å². The van der Waals surface area contributed by atoms with E-state index in [1.54, 1.807) is 0 Å². The highest BCUT2D eigenvalue weighted by Gasteiger charge is 2.22. The Morgan fingerprint density at radius 2 is 2.50 bits per heavy atom. The third-order valence-electron chi connectivity index (χ3n) is 1.96. The molecule has 0 aliphatic carbocycles. The molecule has 1 rings (SSSR count). The Balaban J connectivity index is 2.63. The van der Waals surface area contributed by atoms with Crippen LogP contribution in [0, 0.1) is 11.3 Å². The van der Waals surface area contributed by atoms with E-state index in [4.69, 9.17) is 5.26 Å². The Bertz CT molecular complexity index is 439. The molecular formula is C10H14N4OS. The summed E-state index contributed by atoms with van der Waals surface area (Å²) in [6, 6.07) is 3.57. The van der Waals surface area contributed by atoms with E-state index in [1.165, 1.54) is 24.0 Å². The number of nitriles is 1. The highest BCUT2D eigenvalue weighted by Crippen LogP contribution is 2.17. The molecule has 0 amide bonds. The first kappa shape index (κ1) is 12.7. The first-order chi connectivity index (χ1) is 7.59. The Kier molecular flexibility index (Phi) is 4.52. The third kappa shape index (κ3) is 3.68. The van der Waals surface area contributed by atoms with Crippen molar-refractivity contribution in [2.45, 2.75) is 24.5 Å². The van der Waals surface area contributed by atoms with Gasteiger partial charge in [-0.1, -0.05) is 18.7 Å². The van der Waals surface area contributed by atoms with Gasteiger partial charge in [0.2, 0.25) is 0 Å². The highest BCUT2D eigenvalue weighted by atomic mass is 32.2. The van der Waals surface area contributed by atoms with Crippen molar-refractivity contribution in [1.29, 1.82) is 5.26 Å². The second-order valence-corrected chi connectivity index (χ2v) is 4.47. The molecule has 86 valence electrons. The lowest BCUT2D eigenvalue weighted by Gasteiger charge is -2.21. The van der Waals surface area contributed by atoms with E-state index in [2.05, 4.69) is 21.4 Å². The maximum Gasteiger partial charge on any atom is 0.251 e. The minimum Gasteiger partial charge on any atom is -0.301 e. The van der Waals surface area contributed by atoms with Gasteiger partial charge in [0.25, 0.3) is 5.56 Å². The number of nitrogens with one attached hydrogen (secondary N) is 2. The molecular weight excluding hydrogens is 224 g/mol. The molecule has 0 bridgehead atoms. The Labute approximate surface area is 98.3 Å². The molecule has 6 heteroatoms. The fraction of sp³-hybridized carbons (Fsp3) is 0.500. The van der Waals surface area contributed by atoms with E-state index >= 15 is 0 Å². The van der Waals surface area contributed by atoms with Gasteiger partial charge in [0.1, 0.15) is 5.54 Å². The van der Waals surface area contributed by atoms with Crippen molar-refractivity contribution in [3.63, 3.8) is 0 Å². The fourth-order valence-corrected chi connectivity index (χ4v) is 2.05. The maximum absolute atomic E-state index is 11.0. The van der Waals surface area contributed by atoms with Crippen molar-refractivity contribution < 1.29 is 0 Å². The lowest BCUT2D eigenvalue weighted by atomic mass is 10.1. The summed E-state index contributed by atoms with van der Waals surface area (Å²) in [7, 11) is 0. The predicted octanol–water partition coefficient (Wildman–Crippen LogP) is 0.754. The van der Waals surface area contributed by atoms with Crippen LogP contribution >= 0.6 is 11.8 Å². The van der Waals surface area contributed by atoms with Crippen molar-refractivity contribution in [2.75, 3.05) is 12.3 Å². The van der Waals surface area contributed by atoms with E-state index in [0.717, 1.165) is 6.54 Å². The highest BCUT2D eigenvalue weighted by molar-refractivity contribution is 7.99. The van der Waals surface area contributed by atoms with Gasteiger partial charge in [0.05, 0.1) is 6.07 Å². The number of nitrogens with zero attached hydrogens (tertiary/aromatic N) is 2. The molecule has 1 aromatic heterocycles. The molecule has 1 heterocycles. The molecule has 0 aliphatic rings. The summed E-state index contributed by atoms with van der Waals surface area (Å²) in [5, 5.41) is 12.7. The van der Waals surface area contributed by atoms with Crippen LogP contribution in [0.1, 0.15) is 13.8 Å². The molecule has 2 N–H and O–H groups in total. The number of hydrogen-bond donors (Lipinski definition) is 2. The summed E-state index contributed by atoms with van der Waals surface area (Å²) < 4.78 is 0. The number of aromatic nitrogens is 2. The summed E-state index contributed by atoms with van der Waals surface area (Å²) in [5.74, 6) is 0.532. The van der Waals surface area contributed by atoms with Gasteiger partial charge in [-0.25, -0.2) is 4.98 Å². The molecule has 0 saturated heterocycles. The van der Waals surface area contributed by atoms with Crippen molar-refractivity contribution in [1.82, 2.24) is 15.3 Å². The topological polar surface area (TPSA) is 81.6 Å². The number of thioether (sulfide) groups is 1. The average Bonchev–Trinajstić information content (AvgIpc) is 2.27. The van der Waals surface area contributed by atoms with Crippen molar-refractivity contribution in [3.05, 3.63) is 22.6 Å². The van der Waals surface area contributed by atoms with Crippen LogP contribution in [0.3, 0.4) is 0 Å². The standard InChI is InChI=1S/C10H14N4OS/c1-3-13-10(2,6-11)7-16-9-12-5-4-8(15)14-9/h4-5,13H,3,7H2,1-2H3,(H,12,14,15). The Hall–Kier alpha value is -1.32. The van der Waals surface area contributed by atoms with Crippen LogP contribution in [0.25, 0.3) is 0 Å². The smallest absolute Gasteiger partial charge is 0.251 e. The predicted molar refractivity (Wildman–Crippen MR) is 63.3 cm³/mol. The van der Waals surface area contributed by atoms with Crippen LogP contribution in [0.15, 0.2) is 22.2 Å². The molecule has 0 aromatic carbocycles. The molecule has 1 unspecified atom stereocenters. The molecule has 0 saturated carbocycles. The fourth-order valence-electron chi connectivity index (χ4n) is 1.15. The summed E-state index contributed by atoms with van der Waals surface area (Å²) in [4.78, 5) is 17.6. The third-order valence-corrected chi connectivity index (χ3v) is 3.16. The summed E-state index contributed by atoms with van der Waals surface area (Å²) in [6.45, 7) is 4.50. The zero-order valence-electron chi connectivity index (χ0n) is 9.28. The van der Waals surface area contributed by atoms with Gasteiger partial charge >= 0.3 is 0 Å². The zero-order chi connectivity index (χ0) is 12.0. The SMILES string of the molecule is CCNC(C)(C#N)CSc1nccc(=O)[nH]1. The van der Waals surface area contributed by atoms with Gasteiger partial charge in [-0.15, -0.1) is 0 Å². The average molecular weight is 238 g/mol. The minimum absolute atomic E-state index is 0.181. The van der Waals surface area contributed by atoms with Crippen molar-refractivity contribution in [3.8, 4) is 6.07 Å². The Morgan fingerprint density at radius 3 is 3.06 bits per heavy atom. The van der Waals surface area contributed by atoms with Crippen LogP contribution in [0.2, 0.25) is 0 Å². The number of hydrogen-bond acceptors (Lipinski definition) is 5. The van der Waals surface area contributed by atoms with E-state index in [9.17, 15) is 4.79 Å². The van der Waals surface area contributed by atoms with Crippen LogP contribution in [-0.2, 0) is 0 Å². The van der Waals surface area contributed by atoms with Gasteiger partial charge in [-0.05, 0) is 13.5 Å². The number of rotatable bonds is 5. The first-order valence-corrected chi connectivity index (χ1v) is 5.92. The number of aromatic amines is 1. The largest absolute Gasteiger partial charge is 0.301 e. The quantitative estimate of drug-likeness (QED) is 0.584. The zero-order valence-corrected chi connectivity index (χ0v) is 10.1. The van der Waals surface area contributed by atoms with Gasteiger partial charge in [-0.2, -0.15) is 5.26 Å². The first-order valence-electron chi connectivity index (χ1n) is 4.94. The second-order valence-electron chi connectivity index (χ2n) is 3.50. The molecule has 0 fully saturated rings. The lowest BCUT2D eigenvalue weighted by Crippen LogP contribution is -2.43. The van der Waals surface area contributed by atoms with E-state index in [-0.39, 0.29) is 5.56 Å². The molecule has 1 aromatic rings. The van der Waals surface area contributed by atoms with Gasteiger partial charge < -0.3 is 4.98 Å². The van der Waals surface area contributed by atoms with Crippen molar-refractivity contribution in [2.24, 2.45) is 0 Å². The van der Waals surface area contributed by atoms with E-state index < -0.39 is 5.54 Å². The van der Waals surface area contributed by atoms with Crippen LogP contribution in [0.4, 0.5) is 0 Å². The summed E-state index contributed by atoms with van der Waals surface area (Å²) in [5.41, 5.74) is -0.784. The molecule has 5 nitrogen and oxygen atoms in total. The van der Waals surface area contributed by atoms with Crippen LogP contribution in [-0.4, -0.2) is 27.8 Å². The molecule has 0 aliphatic heterocycles. The maximum atomic E-state index is 11.0. The molecule has 0 spiro atoms. The van der Waals surface area contributed by atoms with Gasteiger partial charge in [-0.3, -0.25) is 10.1 Å². The molecule has 16 heavy (non-hydrogen) atoms. The van der Waals surface area contributed by atoms with Crippen LogP contribution in [0.5, 0.6) is 0 Å². The van der Waals surface area contributed by atoms with Crippen LogP contribution < -0.4 is 10.9 Å². The second kappa shape index (κ2) is 5.68. The molecule has 0 radical (unpaired) electrons. The Morgan fingerprint density at radius 1 is 1.75 bits per heavy atom. The van der Waals surface area contributed by atoms with E-state index in [0.29, 0.717) is 10.9 Å².